The van der Waals surface area contributed by atoms with Crippen molar-refractivity contribution < 1.29 is 27.5 Å². The summed E-state index contributed by atoms with van der Waals surface area (Å²) in [5.74, 6) is -0.523. The fraction of sp³-hybridized carbons (Fsp3) is 0.304. The van der Waals surface area contributed by atoms with Gasteiger partial charge in [-0.1, -0.05) is 18.2 Å². The number of hydrogen-bond donors (Lipinski definition) is 1. The van der Waals surface area contributed by atoms with E-state index in [2.05, 4.69) is 5.32 Å². The van der Waals surface area contributed by atoms with Gasteiger partial charge in [0.05, 0.1) is 24.8 Å². The van der Waals surface area contributed by atoms with Gasteiger partial charge in [0, 0.05) is 29.1 Å². The van der Waals surface area contributed by atoms with Crippen LogP contribution < -0.4 is 10.1 Å². The molecule has 1 saturated heterocycles. The van der Waals surface area contributed by atoms with Gasteiger partial charge in [-0.05, 0) is 43.2 Å². The SMILES string of the molecule is COC(=O)c1sc2ccccc2c1NC(=O)C1CCN(S(=O)(=O)c2ccc(OC)cc2)CC1. The van der Waals surface area contributed by atoms with Crippen LogP contribution in [0.5, 0.6) is 5.75 Å². The number of esters is 1. The Hall–Kier alpha value is -2.95. The van der Waals surface area contributed by atoms with Gasteiger partial charge in [0.25, 0.3) is 0 Å². The minimum absolute atomic E-state index is 0.193. The van der Waals surface area contributed by atoms with Crippen LogP contribution in [0.25, 0.3) is 10.1 Å². The number of carbonyl (C=O) groups is 2. The lowest BCUT2D eigenvalue weighted by Crippen LogP contribution is -2.41. The predicted molar refractivity (Wildman–Crippen MR) is 126 cm³/mol. The van der Waals surface area contributed by atoms with Crippen molar-refractivity contribution in [3.05, 3.63) is 53.4 Å². The number of methoxy groups -OCH3 is 2. The molecule has 1 fully saturated rings. The second-order valence-electron chi connectivity index (χ2n) is 7.64. The minimum Gasteiger partial charge on any atom is -0.497 e. The maximum absolute atomic E-state index is 13.0. The molecule has 4 rings (SSSR count). The van der Waals surface area contributed by atoms with Crippen LogP contribution in [-0.2, 0) is 19.6 Å². The lowest BCUT2D eigenvalue weighted by Gasteiger charge is -2.30. The summed E-state index contributed by atoms with van der Waals surface area (Å²) in [5, 5.41) is 3.68. The molecule has 1 amide bonds. The molecule has 3 aromatic rings. The van der Waals surface area contributed by atoms with Crippen LogP contribution in [-0.4, -0.2) is 51.9 Å². The zero-order valence-corrected chi connectivity index (χ0v) is 19.9. The number of anilines is 1. The summed E-state index contributed by atoms with van der Waals surface area (Å²) in [7, 11) is -0.827. The Bertz CT molecular complexity index is 1280. The Morgan fingerprint density at radius 3 is 2.33 bits per heavy atom. The molecule has 0 saturated carbocycles. The van der Waals surface area contributed by atoms with E-state index in [0.717, 1.165) is 10.1 Å². The van der Waals surface area contributed by atoms with E-state index in [1.54, 1.807) is 12.1 Å². The fourth-order valence-electron chi connectivity index (χ4n) is 3.89. The third kappa shape index (κ3) is 4.59. The molecular formula is C23H24N2O6S2. The molecule has 0 spiro atoms. The molecule has 10 heteroatoms. The number of thiophene rings is 1. The Morgan fingerprint density at radius 2 is 1.70 bits per heavy atom. The number of ether oxygens (including phenoxy) is 2. The normalized spacial score (nSPS) is 15.3. The van der Waals surface area contributed by atoms with Crippen LogP contribution in [0.1, 0.15) is 22.5 Å². The van der Waals surface area contributed by atoms with Crippen LogP contribution in [0.2, 0.25) is 0 Å². The zero-order chi connectivity index (χ0) is 23.6. The highest BCUT2D eigenvalue weighted by Crippen LogP contribution is 2.37. The summed E-state index contributed by atoms with van der Waals surface area (Å²) in [4.78, 5) is 25.8. The third-order valence-electron chi connectivity index (χ3n) is 5.74. The molecule has 1 aliphatic heterocycles. The summed E-state index contributed by atoms with van der Waals surface area (Å²) in [5.41, 5.74) is 0.445. The molecule has 1 N–H and O–H groups in total. The molecular weight excluding hydrogens is 464 g/mol. The van der Waals surface area contributed by atoms with E-state index < -0.39 is 16.0 Å². The van der Waals surface area contributed by atoms with Gasteiger partial charge in [-0.25, -0.2) is 13.2 Å². The molecule has 0 radical (unpaired) electrons. The fourth-order valence-corrected chi connectivity index (χ4v) is 6.43. The number of nitrogens with zero attached hydrogens (tertiary/aromatic N) is 1. The number of carbonyl (C=O) groups excluding carboxylic acids is 2. The van der Waals surface area contributed by atoms with Gasteiger partial charge in [0.2, 0.25) is 15.9 Å². The van der Waals surface area contributed by atoms with Gasteiger partial charge in [0.15, 0.2) is 0 Å². The van der Waals surface area contributed by atoms with Crippen molar-refractivity contribution in [1.82, 2.24) is 4.31 Å². The zero-order valence-electron chi connectivity index (χ0n) is 18.2. The quantitative estimate of drug-likeness (QED) is 0.531. The van der Waals surface area contributed by atoms with Crippen LogP contribution in [0.4, 0.5) is 5.69 Å². The first-order valence-corrected chi connectivity index (χ1v) is 12.7. The molecule has 0 bridgehead atoms. The largest absolute Gasteiger partial charge is 0.497 e. The Balaban J connectivity index is 1.46. The topological polar surface area (TPSA) is 102 Å². The van der Waals surface area contributed by atoms with Crippen molar-refractivity contribution in [2.75, 3.05) is 32.6 Å². The highest BCUT2D eigenvalue weighted by molar-refractivity contribution is 7.89. The van der Waals surface area contributed by atoms with E-state index in [4.69, 9.17) is 9.47 Å². The maximum atomic E-state index is 13.0. The molecule has 2 aromatic carbocycles. The number of benzene rings is 2. The summed E-state index contributed by atoms with van der Waals surface area (Å²) in [6.07, 6.45) is 0.772. The van der Waals surface area contributed by atoms with E-state index in [1.807, 2.05) is 24.3 Å². The number of hydrogen-bond acceptors (Lipinski definition) is 7. The summed E-state index contributed by atoms with van der Waals surface area (Å²) < 4.78 is 38.1. The summed E-state index contributed by atoms with van der Waals surface area (Å²) in [6.45, 7) is 0.474. The molecule has 1 aromatic heterocycles. The van der Waals surface area contributed by atoms with Gasteiger partial charge in [-0.3, -0.25) is 4.79 Å². The first-order chi connectivity index (χ1) is 15.8. The Morgan fingerprint density at radius 1 is 1.03 bits per heavy atom. The van der Waals surface area contributed by atoms with E-state index >= 15 is 0 Å². The van der Waals surface area contributed by atoms with Crippen molar-refractivity contribution >= 4 is 49.0 Å². The van der Waals surface area contributed by atoms with E-state index in [-0.39, 0.29) is 29.8 Å². The average molecular weight is 489 g/mol. The highest BCUT2D eigenvalue weighted by Gasteiger charge is 2.33. The maximum Gasteiger partial charge on any atom is 0.350 e. The van der Waals surface area contributed by atoms with Gasteiger partial charge >= 0.3 is 5.97 Å². The van der Waals surface area contributed by atoms with E-state index in [9.17, 15) is 18.0 Å². The molecule has 0 unspecified atom stereocenters. The standard InChI is InChI=1S/C23H24N2O6S2/c1-30-16-7-9-17(10-8-16)33(28,29)25-13-11-15(12-14-25)22(26)24-20-18-5-3-4-6-19(18)32-21(20)23(27)31-2/h3-10,15H,11-14H2,1-2H3,(H,24,26). The Labute approximate surface area is 196 Å². The first-order valence-electron chi connectivity index (χ1n) is 10.4. The molecule has 8 nitrogen and oxygen atoms in total. The average Bonchev–Trinajstić information content (AvgIpc) is 3.22. The minimum atomic E-state index is -3.65. The summed E-state index contributed by atoms with van der Waals surface area (Å²) >= 11 is 1.26. The lowest BCUT2D eigenvalue weighted by atomic mass is 9.97. The third-order valence-corrected chi connectivity index (χ3v) is 8.80. The second-order valence-corrected chi connectivity index (χ2v) is 10.6. The van der Waals surface area contributed by atoms with Crippen LogP contribution >= 0.6 is 11.3 Å². The van der Waals surface area contributed by atoms with Gasteiger partial charge in [-0.2, -0.15) is 4.31 Å². The van der Waals surface area contributed by atoms with Crippen LogP contribution in [0, 0.1) is 5.92 Å². The monoisotopic (exact) mass is 488 g/mol. The van der Waals surface area contributed by atoms with Crippen molar-refractivity contribution in [3.8, 4) is 5.75 Å². The smallest absolute Gasteiger partial charge is 0.350 e. The highest BCUT2D eigenvalue weighted by atomic mass is 32.2. The number of rotatable bonds is 6. The number of sulfonamides is 1. The van der Waals surface area contributed by atoms with Crippen LogP contribution in [0.15, 0.2) is 53.4 Å². The predicted octanol–water partition coefficient (Wildman–Crippen LogP) is 3.74. The van der Waals surface area contributed by atoms with Crippen molar-refractivity contribution in [1.29, 1.82) is 0 Å². The first kappa shape index (κ1) is 23.2. The number of piperidine rings is 1. The van der Waals surface area contributed by atoms with Gasteiger partial charge < -0.3 is 14.8 Å². The molecule has 1 aliphatic rings. The lowest BCUT2D eigenvalue weighted by molar-refractivity contribution is -0.120. The number of fused-ring (bicyclic) bond motifs is 1. The van der Waals surface area contributed by atoms with Gasteiger partial charge in [0.1, 0.15) is 10.6 Å². The number of nitrogens with one attached hydrogen (secondary N) is 1. The van der Waals surface area contributed by atoms with Gasteiger partial charge in [-0.15, -0.1) is 11.3 Å². The van der Waals surface area contributed by atoms with E-state index in [0.29, 0.717) is 29.2 Å². The van der Waals surface area contributed by atoms with Crippen molar-refractivity contribution in [3.63, 3.8) is 0 Å². The Kier molecular flexibility index (Phi) is 6.68. The second kappa shape index (κ2) is 9.50. The van der Waals surface area contributed by atoms with Crippen molar-refractivity contribution in [2.24, 2.45) is 5.92 Å². The van der Waals surface area contributed by atoms with Crippen molar-refractivity contribution in [2.45, 2.75) is 17.7 Å². The molecule has 2 heterocycles. The molecule has 174 valence electrons. The summed E-state index contributed by atoms with van der Waals surface area (Å²) in [6, 6.07) is 13.7. The number of amides is 1. The molecule has 0 aliphatic carbocycles. The molecule has 33 heavy (non-hydrogen) atoms. The molecule has 0 atom stereocenters. The van der Waals surface area contributed by atoms with E-state index in [1.165, 1.54) is 42.0 Å². The van der Waals surface area contributed by atoms with Crippen LogP contribution in [0.3, 0.4) is 0 Å².